The number of anilines is 1. The van der Waals surface area contributed by atoms with Crippen molar-refractivity contribution in [1.29, 1.82) is 0 Å². The lowest BCUT2D eigenvalue weighted by Gasteiger charge is -1.99. The molecule has 0 radical (unpaired) electrons. The molecule has 0 aliphatic carbocycles. The summed E-state index contributed by atoms with van der Waals surface area (Å²) in [4.78, 5) is 19.4. The second kappa shape index (κ2) is 6.41. The highest BCUT2D eigenvalue weighted by Gasteiger charge is 2.08. The number of amides is 1. The summed E-state index contributed by atoms with van der Waals surface area (Å²) in [5.74, 6) is 1.59. The molecule has 0 unspecified atom stereocenters. The number of fused-ring (bicyclic) bond motifs is 1. The number of aryl methyl sites for hydroxylation is 1. The highest BCUT2D eigenvalue weighted by Crippen LogP contribution is 2.22. The molecule has 3 rings (SSSR count). The molecule has 0 bridgehead atoms. The Morgan fingerprint density at radius 2 is 2.32 bits per heavy atom. The van der Waals surface area contributed by atoms with Gasteiger partial charge in [-0.1, -0.05) is 28.5 Å². The summed E-state index contributed by atoms with van der Waals surface area (Å²) in [6, 6.07) is 7.16. The lowest BCUT2D eigenvalue weighted by Crippen LogP contribution is -2.12. The summed E-state index contributed by atoms with van der Waals surface area (Å²) in [5.41, 5.74) is 1.74. The number of rotatable bonds is 5. The Morgan fingerprint density at radius 1 is 1.45 bits per heavy atom. The van der Waals surface area contributed by atoms with E-state index in [1.807, 2.05) is 12.1 Å². The van der Waals surface area contributed by atoms with Gasteiger partial charge in [-0.15, -0.1) is 0 Å². The standard InChI is InChI=1S/C14H13ClN4O2S/c1-8-6-12(19-21-8)18-13(20)4-5-22-14-16-10-3-2-9(15)7-11(10)17-14/h2-3,6-7H,4-5H2,1H3,(H,16,17)(H,18,19,20). The van der Waals surface area contributed by atoms with Gasteiger partial charge in [-0.05, 0) is 25.1 Å². The largest absolute Gasteiger partial charge is 0.360 e. The van der Waals surface area contributed by atoms with E-state index < -0.39 is 0 Å². The smallest absolute Gasteiger partial charge is 0.226 e. The van der Waals surface area contributed by atoms with Crippen LogP contribution in [0.3, 0.4) is 0 Å². The number of carbonyl (C=O) groups is 1. The number of aromatic nitrogens is 3. The monoisotopic (exact) mass is 336 g/mol. The van der Waals surface area contributed by atoms with Crippen molar-refractivity contribution in [2.75, 3.05) is 11.1 Å². The zero-order valence-electron chi connectivity index (χ0n) is 11.7. The van der Waals surface area contributed by atoms with Crippen molar-refractivity contribution in [3.8, 4) is 0 Å². The average molecular weight is 337 g/mol. The third-order valence-electron chi connectivity index (χ3n) is 2.89. The van der Waals surface area contributed by atoms with Gasteiger partial charge in [-0.2, -0.15) is 0 Å². The second-order valence-corrected chi connectivity index (χ2v) is 6.19. The molecule has 2 N–H and O–H groups in total. The van der Waals surface area contributed by atoms with Gasteiger partial charge in [0.25, 0.3) is 0 Å². The minimum Gasteiger partial charge on any atom is -0.360 e. The summed E-state index contributed by atoms with van der Waals surface area (Å²) < 4.78 is 4.89. The van der Waals surface area contributed by atoms with Crippen LogP contribution < -0.4 is 5.32 Å². The molecule has 114 valence electrons. The van der Waals surface area contributed by atoms with Crippen LogP contribution in [0.1, 0.15) is 12.2 Å². The summed E-state index contributed by atoms with van der Waals surface area (Å²) in [5, 5.41) is 7.82. The van der Waals surface area contributed by atoms with Gasteiger partial charge in [-0.3, -0.25) is 4.79 Å². The molecule has 1 aromatic carbocycles. The lowest BCUT2D eigenvalue weighted by atomic mass is 10.3. The van der Waals surface area contributed by atoms with Gasteiger partial charge in [0.2, 0.25) is 5.91 Å². The van der Waals surface area contributed by atoms with Crippen molar-refractivity contribution >= 4 is 46.1 Å². The molecule has 0 fully saturated rings. The van der Waals surface area contributed by atoms with Gasteiger partial charge in [0.05, 0.1) is 11.0 Å². The maximum absolute atomic E-state index is 11.8. The molecule has 1 amide bonds. The first-order valence-electron chi connectivity index (χ1n) is 6.61. The fraction of sp³-hybridized carbons (Fsp3) is 0.214. The van der Waals surface area contributed by atoms with Crippen LogP contribution >= 0.6 is 23.4 Å². The summed E-state index contributed by atoms with van der Waals surface area (Å²) >= 11 is 7.41. The van der Waals surface area contributed by atoms with Crippen molar-refractivity contribution in [1.82, 2.24) is 15.1 Å². The van der Waals surface area contributed by atoms with Gasteiger partial charge < -0.3 is 14.8 Å². The Bertz CT molecular complexity index is 814. The SMILES string of the molecule is Cc1cc(NC(=O)CCSc2nc3ccc(Cl)cc3[nH]2)no1. The molecular formula is C14H13ClN4O2S. The zero-order chi connectivity index (χ0) is 15.5. The Balaban J connectivity index is 1.52. The minimum atomic E-state index is -0.111. The molecule has 8 heteroatoms. The third-order valence-corrected chi connectivity index (χ3v) is 4.00. The van der Waals surface area contributed by atoms with E-state index in [4.69, 9.17) is 16.1 Å². The Hall–Kier alpha value is -1.99. The van der Waals surface area contributed by atoms with Crippen molar-refractivity contribution in [3.63, 3.8) is 0 Å². The van der Waals surface area contributed by atoms with Gasteiger partial charge >= 0.3 is 0 Å². The highest BCUT2D eigenvalue weighted by molar-refractivity contribution is 7.99. The van der Waals surface area contributed by atoms with E-state index in [0.717, 1.165) is 16.2 Å². The van der Waals surface area contributed by atoms with Crippen LogP contribution in [0.2, 0.25) is 5.02 Å². The summed E-state index contributed by atoms with van der Waals surface area (Å²) in [7, 11) is 0. The first-order valence-corrected chi connectivity index (χ1v) is 7.98. The second-order valence-electron chi connectivity index (χ2n) is 4.67. The van der Waals surface area contributed by atoms with E-state index in [1.54, 1.807) is 19.1 Å². The number of hydrogen-bond donors (Lipinski definition) is 2. The number of imidazole rings is 1. The van der Waals surface area contributed by atoms with E-state index in [-0.39, 0.29) is 5.91 Å². The Morgan fingerprint density at radius 3 is 3.09 bits per heavy atom. The fourth-order valence-corrected chi connectivity index (χ4v) is 2.90. The molecule has 0 spiro atoms. The molecule has 0 aliphatic rings. The maximum Gasteiger partial charge on any atom is 0.226 e. The van der Waals surface area contributed by atoms with E-state index in [9.17, 15) is 4.79 Å². The van der Waals surface area contributed by atoms with Crippen LogP contribution in [-0.4, -0.2) is 26.8 Å². The molecule has 3 aromatic rings. The lowest BCUT2D eigenvalue weighted by molar-refractivity contribution is -0.115. The maximum atomic E-state index is 11.8. The van der Waals surface area contributed by atoms with E-state index in [2.05, 4.69) is 20.4 Å². The van der Waals surface area contributed by atoms with Crippen molar-refractivity contribution < 1.29 is 9.32 Å². The third kappa shape index (κ3) is 3.61. The number of benzene rings is 1. The summed E-state index contributed by atoms with van der Waals surface area (Å²) in [6.07, 6.45) is 0.356. The van der Waals surface area contributed by atoms with Gasteiger partial charge in [0.15, 0.2) is 11.0 Å². The van der Waals surface area contributed by atoms with Crippen LogP contribution in [0.4, 0.5) is 5.82 Å². The predicted molar refractivity (Wildman–Crippen MR) is 86.3 cm³/mol. The average Bonchev–Trinajstić information content (AvgIpc) is 3.04. The van der Waals surface area contributed by atoms with Crippen molar-refractivity contribution in [3.05, 3.63) is 35.0 Å². The minimum absolute atomic E-state index is 0.111. The fourth-order valence-electron chi connectivity index (χ4n) is 1.90. The molecule has 6 nitrogen and oxygen atoms in total. The molecule has 2 aromatic heterocycles. The molecule has 0 aliphatic heterocycles. The first kappa shape index (κ1) is 14.9. The van der Waals surface area contributed by atoms with Gasteiger partial charge in [-0.25, -0.2) is 4.98 Å². The number of thioether (sulfide) groups is 1. The molecule has 0 atom stereocenters. The number of nitrogens with one attached hydrogen (secondary N) is 2. The number of carbonyl (C=O) groups excluding carboxylic acids is 1. The number of nitrogens with zero attached hydrogens (tertiary/aromatic N) is 2. The molecular weight excluding hydrogens is 324 g/mol. The first-order chi connectivity index (χ1) is 10.6. The molecule has 0 saturated heterocycles. The topological polar surface area (TPSA) is 83.8 Å². The molecule has 2 heterocycles. The van der Waals surface area contributed by atoms with Crippen molar-refractivity contribution in [2.24, 2.45) is 0 Å². The van der Waals surface area contributed by atoms with Crippen LogP contribution in [0, 0.1) is 6.92 Å². The van der Waals surface area contributed by atoms with E-state index >= 15 is 0 Å². The molecule has 22 heavy (non-hydrogen) atoms. The van der Waals surface area contributed by atoms with Crippen LogP contribution in [0.5, 0.6) is 0 Å². The number of H-pyrrole nitrogens is 1. The Kier molecular flexibility index (Phi) is 4.35. The van der Waals surface area contributed by atoms with Crippen LogP contribution in [0.15, 0.2) is 33.9 Å². The number of halogens is 1. The summed E-state index contributed by atoms with van der Waals surface area (Å²) in [6.45, 7) is 1.77. The van der Waals surface area contributed by atoms with Crippen LogP contribution in [0.25, 0.3) is 11.0 Å². The number of hydrogen-bond acceptors (Lipinski definition) is 5. The van der Waals surface area contributed by atoms with Crippen molar-refractivity contribution in [2.45, 2.75) is 18.5 Å². The quantitative estimate of drug-likeness (QED) is 0.695. The van der Waals surface area contributed by atoms with Gasteiger partial charge in [0, 0.05) is 23.3 Å². The molecule has 0 saturated carbocycles. The van der Waals surface area contributed by atoms with E-state index in [0.29, 0.717) is 28.8 Å². The number of aromatic amines is 1. The highest BCUT2D eigenvalue weighted by atomic mass is 35.5. The van der Waals surface area contributed by atoms with E-state index in [1.165, 1.54) is 11.8 Å². The van der Waals surface area contributed by atoms with Crippen LogP contribution in [-0.2, 0) is 4.79 Å². The predicted octanol–water partition coefficient (Wildman–Crippen LogP) is 3.63. The van der Waals surface area contributed by atoms with Gasteiger partial charge in [0.1, 0.15) is 5.76 Å². The zero-order valence-corrected chi connectivity index (χ0v) is 13.3. The Labute approximate surface area is 135 Å². The normalized spacial score (nSPS) is 11.0.